The number of alkyl carbamates (subject to hydrolysis) is 1. The summed E-state index contributed by atoms with van der Waals surface area (Å²) in [7, 11) is 0. The van der Waals surface area contributed by atoms with E-state index in [1.165, 1.54) is 0 Å². The molecule has 9 heteroatoms. The number of alkyl halides is 3. The SMILES string of the molecule is O=C(NCCC(=O)N1CCOCC1)OCC(F)(F)F. The van der Waals surface area contributed by atoms with Gasteiger partial charge in [-0.1, -0.05) is 0 Å². The Labute approximate surface area is 107 Å². The van der Waals surface area contributed by atoms with Gasteiger partial charge in [-0.25, -0.2) is 4.79 Å². The summed E-state index contributed by atoms with van der Waals surface area (Å²) in [5, 5.41) is 2.09. The molecule has 0 bridgehead atoms. The van der Waals surface area contributed by atoms with Crippen LogP contribution in [-0.2, 0) is 14.3 Å². The van der Waals surface area contributed by atoms with Crippen molar-refractivity contribution in [1.82, 2.24) is 10.2 Å². The van der Waals surface area contributed by atoms with Crippen molar-refractivity contribution in [2.24, 2.45) is 0 Å². The van der Waals surface area contributed by atoms with Gasteiger partial charge >= 0.3 is 12.3 Å². The summed E-state index contributed by atoms with van der Waals surface area (Å²) in [6.45, 7) is 0.192. The van der Waals surface area contributed by atoms with Crippen molar-refractivity contribution >= 4 is 12.0 Å². The summed E-state index contributed by atoms with van der Waals surface area (Å²) in [6, 6.07) is 0. The molecule has 1 rings (SSSR count). The van der Waals surface area contributed by atoms with Crippen LogP contribution < -0.4 is 5.32 Å². The smallest absolute Gasteiger partial charge is 0.422 e. The van der Waals surface area contributed by atoms with E-state index < -0.39 is 18.9 Å². The van der Waals surface area contributed by atoms with Crippen molar-refractivity contribution < 1.29 is 32.2 Å². The molecule has 110 valence electrons. The molecule has 0 atom stereocenters. The highest BCUT2D eigenvalue weighted by Gasteiger charge is 2.29. The lowest BCUT2D eigenvalue weighted by Crippen LogP contribution is -2.42. The maximum absolute atomic E-state index is 11.7. The lowest BCUT2D eigenvalue weighted by Gasteiger charge is -2.26. The van der Waals surface area contributed by atoms with Crippen LogP contribution in [0, 0.1) is 0 Å². The standard InChI is InChI=1S/C10H15F3N2O4/c11-10(12,13)7-19-9(17)14-2-1-8(16)15-3-5-18-6-4-15/h1-7H2,(H,14,17). The normalized spacial score (nSPS) is 16.1. The van der Waals surface area contributed by atoms with Gasteiger partial charge in [0.25, 0.3) is 0 Å². The van der Waals surface area contributed by atoms with Crippen LogP contribution in [0.25, 0.3) is 0 Å². The van der Waals surface area contributed by atoms with Gasteiger partial charge in [0.1, 0.15) is 0 Å². The molecule has 6 nitrogen and oxygen atoms in total. The number of rotatable bonds is 4. The van der Waals surface area contributed by atoms with Gasteiger partial charge in [-0.15, -0.1) is 0 Å². The molecule has 0 aliphatic carbocycles. The highest BCUT2D eigenvalue weighted by atomic mass is 19.4. The van der Waals surface area contributed by atoms with E-state index in [0.29, 0.717) is 26.3 Å². The van der Waals surface area contributed by atoms with Gasteiger partial charge in [-0.05, 0) is 0 Å². The summed E-state index contributed by atoms with van der Waals surface area (Å²) in [5.74, 6) is -0.181. The zero-order valence-electron chi connectivity index (χ0n) is 10.2. The molecule has 1 heterocycles. The number of halogens is 3. The van der Waals surface area contributed by atoms with E-state index in [2.05, 4.69) is 10.1 Å². The summed E-state index contributed by atoms with van der Waals surface area (Å²) in [6.07, 6.45) is -5.73. The van der Waals surface area contributed by atoms with Gasteiger partial charge in [-0.3, -0.25) is 4.79 Å². The lowest BCUT2D eigenvalue weighted by atomic mass is 10.3. The quantitative estimate of drug-likeness (QED) is 0.817. The van der Waals surface area contributed by atoms with Crippen LogP contribution in [0.3, 0.4) is 0 Å². The lowest BCUT2D eigenvalue weighted by molar-refractivity contribution is -0.160. The van der Waals surface area contributed by atoms with Gasteiger partial charge in [0.15, 0.2) is 6.61 Å². The zero-order valence-corrected chi connectivity index (χ0v) is 10.2. The molecule has 0 aromatic heterocycles. The number of nitrogens with zero attached hydrogens (tertiary/aromatic N) is 1. The summed E-state index contributed by atoms with van der Waals surface area (Å²) >= 11 is 0. The van der Waals surface area contributed by atoms with E-state index in [1.807, 2.05) is 0 Å². The number of carbonyl (C=O) groups is 2. The van der Waals surface area contributed by atoms with E-state index in [1.54, 1.807) is 4.90 Å². The predicted octanol–water partition coefficient (Wildman–Crippen LogP) is 0.524. The van der Waals surface area contributed by atoms with Crippen molar-refractivity contribution in [3.05, 3.63) is 0 Å². The first-order valence-corrected chi connectivity index (χ1v) is 5.71. The highest BCUT2D eigenvalue weighted by Crippen LogP contribution is 2.14. The Hall–Kier alpha value is -1.51. The third-order valence-corrected chi connectivity index (χ3v) is 2.34. The number of hydrogen-bond acceptors (Lipinski definition) is 4. The molecule has 1 N–H and O–H groups in total. The first-order chi connectivity index (χ1) is 8.88. The van der Waals surface area contributed by atoms with Gasteiger partial charge in [-0.2, -0.15) is 13.2 Å². The average Bonchev–Trinajstić information content (AvgIpc) is 2.36. The Kier molecular flexibility index (Phi) is 5.87. The average molecular weight is 284 g/mol. The van der Waals surface area contributed by atoms with Crippen LogP contribution in [0.15, 0.2) is 0 Å². The summed E-state index contributed by atoms with van der Waals surface area (Å²) in [4.78, 5) is 24.0. The molecule has 0 radical (unpaired) electrons. The molecule has 1 saturated heterocycles. The minimum Gasteiger partial charge on any atom is -0.440 e. The molecular weight excluding hydrogens is 269 g/mol. The molecular formula is C10H15F3N2O4. The van der Waals surface area contributed by atoms with E-state index in [4.69, 9.17) is 4.74 Å². The Bertz CT molecular complexity index is 316. The van der Waals surface area contributed by atoms with Crippen molar-refractivity contribution in [2.45, 2.75) is 12.6 Å². The molecule has 0 saturated carbocycles. The molecule has 0 aromatic carbocycles. The zero-order chi connectivity index (χ0) is 14.3. The van der Waals surface area contributed by atoms with E-state index in [0.717, 1.165) is 0 Å². The number of carbonyl (C=O) groups excluding carboxylic acids is 2. The summed E-state index contributed by atoms with van der Waals surface area (Å²) < 4.78 is 44.2. The molecule has 1 fully saturated rings. The van der Waals surface area contributed by atoms with Crippen LogP contribution in [-0.4, -0.2) is 62.5 Å². The molecule has 0 aromatic rings. The fourth-order valence-corrected chi connectivity index (χ4v) is 1.44. The fraction of sp³-hybridized carbons (Fsp3) is 0.800. The van der Waals surface area contributed by atoms with Crippen LogP contribution in [0.1, 0.15) is 6.42 Å². The van der Waals surface area contributed by atoms with Crippen molar-refractivity contribution in [2.75, 3.05) is 39.5 Å². The first kappa shape index (κ1) is 15.5. The number of nitrogens with one attached hydrogen (secondary N) is 1. The van der Waals surface area contributed by atoms with Gasteiger partial charge in [0.05, 0.1) is 13.2 Å². The van der Waals surface area contributed by atoms with Crippen molar-refractivity contribution in [1.29, 1.82) is 0 Å². The molecule has 2 amide bonds. The minimum atomic E-state index is -4.55. The molecule has 0 unspecified atom stereocenters. The maximum Gasteiger partial charge on any atom is 0.422 e. The van der Waals surface area contributed by atoms with Crippen LogP contribution >= 0.6 is 0 Å². The van der Waals surface area contributed by atoms with Gasteiger partial charge in [0.2, 0.25) is 5.91 Å². The second-order valence-corrected chi connectivity index (χ2v) is 3.86. The second kappa shape index (κ2) is 7.17. The molecule has 19 heavy (non-hydrogen) atoms. The number of amides is 2. The highest BCUT2D eigenvalue weighted by molar-refractivity contribution is 5.77. The van der Waals surface area contributed by atoms with Crippen molar-refractivity contribution in [3.8, 4) is 0 Å². The third-order valence-electron chi connectivity index (χ3n) is 2.34. The Balaban J connectivity index is 2.12. The number of ether oxygens (including phenoxy) is 2. The van der Waals surface area contributed by atoms with E-state index in [-0.39, 0.29) is 18.9 Å². The monoisotopic (exact) mass is 284 g/mol. The predicted molar refractivity (Wildman–Crippen MR) is 57.4 cm³/mol. The van der Waals surface area contributed by atoms with Crippen molar-refractivity contribution in [3.63, 3.8) is 0 Å². The van der Waals surface area contributed by atoms with E-state index >= 15 is 0 Å². The molecule has 1 aliphatic rings. The molecule has 1 aliphatic heterocycles. The van der Waals surface area contributed by atoms with Crippen LogP contribution in [0.2, 0.25) is 0 Å². The number of hydrogen-bond donors (Lipinski definition) is 1. The summed E-state index contributed by atoms with van der Waals surface area (Å²) in [5.41, 5.74) is 0. The maximum atomic E-state index is 11.7. The van der Waals surface area contributed by atoms with Crippen LogP contribution in [0.5, 0.6) is 0 Å². The largest absolute Gasteiger partial charge is 0.440 e. The number of morpholine rings is 1. The topological polar surface area (TPSA) is 67.9 Å². The van der Waals surface area contributed by atoms with Gasteiger partial charge in [0, 0.05) is 26.1 Å². The fourth-order valence-electron chi connectivity index (χ4n) is 1.44. The van der Waals surface area contributed by atoms with Gasteiger partial charge < -0.3 is 19.7 Å². The Morgan fingerprint density at radius 1 is 1.26 bits per heavy atom. The Morgan fingerprint density at radius 2 is 1.89 bits per heavy atom. The second-order valence-electron chi connectivity index (χ2n) is 3.86. The van der Waals surface area contributed by atoms with Crippen LogP contribution in [0.4, 0.5) is 18.0 Å². The first-order valence-electron chi connectivity index (χ1n) is 5.71. The Morgan fingerprint density at radius 3 is 2.47 bits per heavy atom. The van der Waals surface area contributed by atoms with E-state index in [9.17, 15) is 22.8 Å². The molecule has 0 spiro atoms. The minimum absolute atomic E-state index is 0.0150. The third kappa shape index (κ3) is 6.85.